The Kier molecular flexibility index (Phi) is 5.84. The van der Waals surface area contributed by atoms with Gasteiger partial charge in [-0.15, -0.1) is 0 Å². The van der Waals surface area contributed by atoms with E-state index in [1.807, 2.05) is 30.3 Å². The molecule has 0 aliphatic carbocycles. The highest BCUT2D eigenvalue weighted by atomic mass is 79.9. The van der Waals surface area contributed by atoms with Crippen molar-refractivity contribution in [2.75, 3.05) is 11.1 Å². The molecule has 0 aliphatic heterocycles. The number of halogens is 1. The van der Waals surface area contributed by atoms with E-state index in [0.29, 0.717) is 22.5 Å². The van der Waals surface area contributed by atoms with Crippen molar-refractivity contribution < 1.29 is 9.59 Å². The van der Waals surface area contributed by atoms with Crippen LogP contribution in [0.4, 0.5) is 11.4 Å². The van der Waals surface area contributed by atoms with Gasteiger partial charge in [0, 0.05) is 27.4 Å². The fourth-order valence-corrected chi connectivity index (χ4v) is 2.79. The van der Waals surface area contributed by atoms with Gasteiger partial charge in [0.25, 0.3) is 0 Å². The van der Waals surface area contributed by atoms with Crippen molar-refractivity contribution in [1.82, 2.24) is 0 Å². The summed E-state index contributed by atoms with van der Waals surface area (Å²) in [5.41, 5.74) is 8.49. The summed E-state index contributed by atoms with van der Waals surface area (Å²) in [5.74, 6) is -0.528. The second-order valence-corrected chi connectivity index (χ2v) is 6.79. The van der Waals surface area contributed by atoms with E-state index in [4.69, 9.17) is 5.73 Å². The van der Waals surface area contributed by atoms with E-state index in [-0.39, 0.29) is 11.7 Å². The third-order valence-electron chi connectivity index (χ3n) is 3.88. The number of amides is 1. The summed E-state index contributed by atoms with van der Waals surface area (Å²) in [7, 11) is 0. The number of hydrogen-bond acceptors (Lipinski definition) is 3. The summed E-state index contributed by atoms with van der Waals surface area (Å²) >= 11 is 3.37. The van der Waals surface area contributed by atoms with Crippen LogP contribution in [0.2, 0.25) is 0 Å². The smallest absolute Gasteiger partial charge is 0.248 e. The molecule has 0 spiro atoms. The van der Waals surface area contributed by atoms with Crippen LogP contribution in [-0.2, 0) is 4.79 Å². The molecule has 0 atom stereocenters. The lowest BCUT2D eigenvalue weighted by Gasteiger charge is -2.10. The van der Waals surface area contributed by atoms with Crippen LogP contribution in [0.5, 0.6) is 0 Å². The topological polar surface area (TPSA) is 72.2 Å². The Hall–Kier alpha value is -3.18. The van der Waals surface area contributed by atoms with Gasteiger partial charge in [-0.05, 0) is 42.0 Å². The fourth-order valence-electron chi connectivity index (χ4n) is 2.52. The molecule has 4 nitrogen and oxygen atoms in total. The molecule has 3 rings (SSSR count). The van der Waals surface area contributed by atoms with Crippen molar-refractivity contribution in [3.8, 4) is 0 Å². The number of nitrogens with one attached hydrogen (secondary N) is 1. The first-order chi connectivity index (χ1) is 13.0. The zero-order valence-corrected chi connectivity index (χ0v) is 15.9. The fraction of sp³-hybridized carbons (Fsp3) is 0. The maximum atomic E-state index is 12.8. The summed E-state index contributed by atoms with van der Waals surface area (Å²) in [6.45, 7) is 0. The summed E-state index contributed by atoms with van der Waals surface area (Å²) in [6.07, 6.45) is 3.13. The van der Waals surface area contributed by atoms with E-state index >= 15 is 0 Å². The highest BCUT2D eigenvalue weighted by molar-refractivity contribution is 9.10. The van der Waals surface area contributed by atoms with E-state index in [0.717, 1.165) is 10.0 Å². The van der Waals surface area contributed by atoms with Crippen molar-refractivity contribution >= 4 is 45.1 Å². The number of anilines is 2. The lowest BCUT2D eigenvalue weighted by atomic mass is 10.0. The molecule has 0 saturated carbocycles. The van der Waals surface area contributed by atoms with E-state index < -0.39 is 0 Å². The monoisotopic (exact) mass is 420 g/mol. The van der Waals surface area contributed by atoms with Crippen LogP contribution >= 0.6 is 15.9 Å². The molecule has 0 saturated heterocycles. The van der Waals surface area contributed by atoms with Crippen molar-refractivity contribution in [2.24, 2.45) is 0 Å². The predicted octanol–water partition coefficient (Wildman–Crippen LogP) is 4.91. The second-order valence-electron chi connectivity index (χ2n) is 5.87. The van der Waals surface area contributed by atoms with Crippen LogP contribution in [0, 0.1) is 0 Å². The predicted molar refractivity (Wildman–Crippen MR) is 113 cm³/mol. The summed E-state index contributed by atoms with van der Waals surface area (Å²) in [4.78, 5) is 25.1. The molecule has 0 radical (unpaired) electrons. The molecule has 0 heterocycles. The highest BCUT2D eigenvalue weighted by Crippen LogP contribution is 2.22. The minimum atomic E-state index is -0.329. The molecule has 134 valence electrons. The Labute approximate surface area is 165 Å². The third-order valence-corrected chi connectivity index (χ3v) is 4.41. The zero-order chi connectivity index (χ0) is 19.2. The molecular weight excluding hydrogens is 404 g/mol. The molecule has 3 aromatic rings. The average molecular weight is 421 g/mol. The Morgan fingerprint density at radius 2 is 1.63 bits per heavy atom. The number of rotatable bonds is 5. The Morgan fingerprint density at radius 3 is 2.33 bits per heavy atom. The van der Waals surface area contributed by atoms with Gasteiger partial charge in [-0.3, -0.25) is 9.59 Å². The van der Waals surface area contributed by atoms with Gasteiger partial charge in [-0.25, -0.2) is 0 Å². The molecule has 27 heavy (non-hydrogen) atoms. The average Bonchev–Trinajstić information content (AvgIpc) is 2.69. The normalized spacial score (nSPS) is 10.7. The quantitative estimate of drug-likeness (QED) is 0.349. The van der Waals surface area contributed by atoms with Gasteiger partial charge in [0.05, 0.1) is 5.69 Å². The first-order valence-electron chi connectivity index (χ1n) is 8.27. The minimum absolute atomic E-state index is 0.199. The van der Waals surface area contributed by atoms with E-state index in [2.05, 4.69) is 21.2 Å². The highest BCUT2D eigenvalue weighted by Gasteiger charge is 2.15. The van der Waals surface area contributed by atoms with Crippen molar-refractivity contribution in [2.45, 2.75) is 0 Å². The molecule has 0 bridgehead atoms. The zero-order valence-electron chi connectivity index (χ0n) is 14.4. The van der Waals surface area contributed by atoms with E-state index in [1.165, 1.54) is 6.08 Å². The van der Waals surface area contributed by atoms with Crippen LogP contribution in [0.25, 0.3) is 6.08 Å². The molecule has 3 aromatic carbocycles. The SMILES string of the molecule is Nc1ccc(NC(=O)/C=C/c2ccc(Br)cc2)c(C(=O)c2ccccc2)c1. The minimum Gasteiger partial charge on any atom is -0.399 e. The van der Waals surface area contributed by atoms with Gasteiger partial charge in [0.1, 0.15) is 0 Å². The second kappa shape index (κ2) is 8.47. The molecule has 5 heteroatoms. The Morgan fingerprint density at radius 1 is 0.926 bits per heavy atom. The Bertz CT molecular complexity index is 997. The Balaban J connectivity index is 1.81. The first kappa shape index (κ1) is 18.6. The molecule has 0 unspecified atom stereocenters. The molecule has 1 amide bonds. The summed E-state index contributed by atoms with van der Waals surface area (Å²) in [6, 6.07) is 21.3. The number of carbonyl (C=O) groups is 2. The van der Waals surface area contributed by atoms with Crippen LogP contribution in [0.3, 0.4) is 0 Å². The van der Waals surface area contributed by atoms with Crippen molar-refractivity contribution in [3.63, 3.8) is 0 Å². The number of hydrogen-bond donors (Lipinski definition) is 2. The van der Waals surface area contributed by atoms with Crippen LogP contribution < -0.4 is 11.1 Å². The number of nitrogens with two attached hydrogens (primary N) is 1. The van der Waals surface area contributed by atoms with E-state index in [9.17, 15) is 9.59 Å². The van der Waals surface area contributed by atoms with Gasteiger partial charge in [-0.2, -0.15) is 0 Å². The first-order valence-corrected chi connectivity index (χ1v) is 9.06. The van der Waals surface area contributed by atoms with Crippen molar-refractivity contribution in [1.29, 1.82) is 0 Å². The lowest BCUT2D eigenvalue weighted by molar-refractivity contribution is -0.111. The maximum Gasteiger partial charge on any atom is 0.248 e. The number of benzene rings is 3. The van der Waals surface area contributed by atoms with Gasteiger partial charge >= 0.3 is 0 Å². The van der Waals surface area contributed by atoms with Crippen molar-refractivity contribution in [3.05, 3.63) is 100 Å². The largest absolute Gasteiger partial charge is 0.399 e. The number of nitrogen functional groups attached to an aromatic ring is 1. The lowest BCUT2D eigenvalue weighted by Crippen LogP contribution is -2.13. The molecule has 0 fully saturated rings. The summed E-state index contributed by atoms with van der Waals surface area (Å²) < 4.78 is 0.968. The third kappa shape index (κ3) is 4.92. The maximum absolute atomic E-state index is 12.8. The van der Waals surface area contributed by atoms with Crippen LogP contribution in [-0.4, -0.2) is 11.7 Å². The molecule has 0 aliphatic rings. The summed E-state index contributed by atoms with van der Waals surface area (Å²) in [5, 5.41) is 2.76. The van der Waals surface area contributed by atoms with Gasteiger partial charge in [0.15, 0.2) is 5.78 Å². The number of carbonyl (C=O) groups excluding carboxylic acids is 2. The van der Waals surface area contributed by atoms with Gasteiger partial charge < -0.3 is 11.1 Å². The molecule has 3 N–H and O–H groups in total. The van der Waals surface area contributed by atoms with Gasteiger partial charge in [-0.1, -0.05) is 58.4 Å². The standard InChI is InChI=1S/C22H17BrN2O2/c23-17-9-6-15(7-10-17)8-13-21(26)25-20-12-11-18(24)14-19(20)22(27)16-4-2-1-3-5-16/h1-14H,24H2,(H,25,26)/b13-8+. The van der Waals surface area contributed by atoms with Crippen LogP contribution in [0.1, 0.15) is 21.5 Å². The number of ketones is 1. The molecular formula is C22H17BrN2O2. The van der Waals surface area contributed by atoms with E-state index in [1.54, 1.807) is 48.5 Å². The van der Waals surface area contributed by atoms with Crippen LogP contribution in [0.15, 0.2) is 83.3 Å². The van der Waals surface area contributed by atoms with Gasteiger partial charge in [0.2, 0.25) is 5.91 Å². The molecule has 0 aromatic heterocycles.